The minimum absolute atomic E-state index is 0.280. The Labute approximate surface area is 157 Å². The van der Waals surface area contributed by atoms with Gasteiger partial charge in [-0.05, 0) is 47.9 Å². The first kappa shape index (κ1) is 17.9. The fraction of sp³-hybridized carbons (Fsp3) is 0.143. The number of nitrogens with two attached hydrogens (primary N) is 1. The van der Waals surface area contributed by atoms with Gasteiger partial charge in [-0.15, -0.1) is 11.3 Å². The van der Waals surface area contributed by atoms with Gasteiger partial charge in [0.1, 0.15) is 11.5 Å². The molecule has 0 atom stereocenters. The Kier molecular flexibility index (Phi) is 5.49. The van der Waals surface area contributed by atoms with Crippen LogP contribution in [0.25, 0.3) is 16.1 Å². The molecule has 1 heterocycles. The van der Waals surface area contributed by atoms with Crippen molar-refractivity contribution >= 4 is 22.7 Å². The molecule has 4 nitrogen and oxygen atoms in total. The van der Waals surface area contributed by atoms with Crippen molar-refractivity contribution in [3.8, 4) is 21.9 Å². The first-order valence-corrected chi connectivity index (χ1v) is 9.13. The number of nitrogens with one attached hydrogen (secondary N) is 1. The van der Waals surface area contributed by atoms with Crippen LogP contribution in [0.1, 0.15) is 10.4 Å². The quantitative estimate of drug-likeness (QED) is 0.575. The van der Waals surface area contributed by atoms with Crippen LogP contribution in [0, 0.1) is 0 Å². The van der Waals surface area contributed by atoms with Gasteiger partial charge in [0.05, 0.1) is 17.7 Å². The van der Waals surface area contributed by atoms with Crippen LogP contribution in [0.15, 0.2) is 61.2 Å². The summed E-state index contributed by atoms with van der Waals surface area (Å²) in [7, 11) is 1.66. The van der Waals surface area contributed by atoms with Gasteiger partial charge < -0.3 is 20.9 Å². The molecular weight excluding hydrogens is 344 g/mol. The summed E-state index contributed by atoms with van der Waals surface area (Å²) in [5.41, 5.74) is 9.96. The first-order chi connectivity index (χ1) is 12.6. The number of rotatable bonds is 7. The van der Waals surface area contributed by atoms with E-state index in [1.54, 1.807) is 30.6 Å². The van der Waals surface area contributed by atoms with Crippen LogP contribution in [0.2, 0.25) is 0 Å². The number of ether oxygens (including phenoxy) is 1. The van der Waals surface area contributed by atoms with E-state index in [9.17, 15) is 5.11 Å². The lowest BCUT2D eigenvalue weighted by Gasteiger charge is -2.09. The van der Waals surface area contributed by atoms with Gasteiger partial charge in [-0.1, -0.05) is 30.8 Å². The van der Waals surface area contributed by atoms with Crippen LogP contribution in [-0.2, 0) is 6.42 Å². The van der Waals surface area contributed by atoms with Gasteiger partial charge in [0.2, 0.25) is 0 Å². The number of benzene rings is 2. The van der Waals surface area contributed by atoms with Crippen molar-refractivity contribution in [1.29, 1.82) is 0 Å². The maximum Gasteiger partial charge on any atom is 0.119 e. The molecule has 0 aliphatic heterocycles. The highest BCUT2D eigenvalue weighted by molar-refractivity contribution is 7.17. The van der Waals surface area contributed by atoms with Crippen LogP contribution >= 0.6 is 11.3 Å². The zero-order valence-electron chi connectivity index (χ0n) is 14.7. The molecule has 1 aromatic heterocycles. The standard InChI is InChI=1S/C21H22N2O2S/c1-14(23-11-10-15-6-8-17(24)9-7-15)21-19(22)13-20(26-21)16-4-3-5-18(12-16)25-2/h3-9,12-13,23-24H,1,10-11,22H2,2H3. The average molecular weight is 366 g/mol. The molecule has 26 heavy (non-hydrogen) atoms. The highest BCUT2D eigenvalue weighted by Crippen LogP contribution is 2.37. The van der Waals surface area contributed by atoms with Crippen LogP contribution in [0.5, 0.6) is 11.5 Å². The van der Waals surface area contributed by atoms with Crippen LogP contribution in [0.4, 0.5) is 5.69 Å². The molecule has 2 aromatic carbocycles. The van der Waals surface area contributed by atoms with E-state index in [4.69, 9.17) is 10.5 Å². The van der Waals surface area contributed by atoms with Gasteiger partial charge in [-0.3, -0.25) is 0 Å². The number of phenols is 1. The fourth-order valence-corrected chi connectivity index (χ4v) is 3.68. The highest BCUT2D eigenvalue weighted by atomic mass is 32.1. The highest BCUT2D eigenvalue weighted by Gasteiger charge is 2.11. The molecule has 5 heteroatoms. The molecule has 0 radical (unpaired) electrons. The van der Waals surface area contributed by atoms with Crippen molar-refractivity contribution in [3.63, 3.8) is 0 Å². The Bertz CT molecular complexity index is 901. The summed E-state index contributed by atoms with van der Waals surface area (Å²) >= 11 is 1.61. The fourth-order valence-electron chi connectivity index (χ4n) is 2.66. The van der Waals surface area contributed by atoms with E-state index in [1.807, 2.05) is 42.5 Å². The molecule has 0 aliphatic rings. The molecule has 0 unspecified atom stereocenters. The lowest BCUT2D eigenvalue weighted by atomic mass is 10.1. The summed E-state index contributed by atoms with van der Waals surface area (Å²) < 4.78 is 5.29. The molecular formula is C21H22N2O2S. The van der Waals surface area contributed by atoms with Gasteiger partial charge >= 0.3 is 0 Å². The molecule has 3 aromatic rings. The molecule has 3 rings (SSSR count). The molecule has 0 spiro atoms. The summed E-state index contributed by atoms with van der Waals surface area (Å²) in [5, 5.41) is 12.7. The van der Waals surface area contributed by atoms with E-state index in [1.165, 1.54) is 0 Å². The molecule has 0 saturated carbocycles. The Morgan fingerprint density at radius 3 is 2.69 bits per heavy atom. The number of nitrogen functional groups attached to an aromatic ring is 1. The third kappa shape index (κ3) is 4.18. The van der Waals surface area contributed by atoms with Crippen molar-refractivity contribution in [2.45, 2.75) is 6.42 Å². The number of thiophene rings is 1. The smallest absolute Gasteiger partial charge is 0.119 e. The molecule has 0 bridgehead atoms. The minimum atomic E-state index is 0.280. The average Bonchev–Trinajstić information content (AvgIpc) is 3.05. The number of aromatic hydroxyl groups is 1. The summed E-state index contributed by atoms with van der Waals surface area (Å²) in [6, 6.07) is 17.1. The summed E-state index contributed by atoms with van der Waals surface area (Å²) in [6.45, 7) is 4.87. The first-order valence-electron chi connectivity index (χ1n) is 8.31. The summed E-state index contributed by atoms with van der Waals surface area (Å²) in [4.78, 5) is 2.03. The van der Waals surface area contributed by atoms with Gasteiger partial charge in [0, 0.05) is 17.1 Å². The van der Waals surface area contributed by atoms with Crippen molar-refractivity contribution in [3.05, 3.63) is 71.6 Å². The number of hydrogen-bond acceptors (Lipinski definition) is 5. The van der Waals surface area contributed by atoms with Crippen molar-refractivity contribution in [2.24, 2.45) is 0 Å². The molecule has 4 N–H and O–H groups in total. The lowest BCUT2D eigenvalue weighted by molar-refractivity contribution is 0.415. The SMILES string of the molecule is C=C(NCCc1ccc(O)cc1)c1sc(-c2cccc(OC)c2)cc1N. The second-order valence-electron chi connectivity index (χ2n) is 5.95. The molecule has 0 fully saturated rings. The Morgan fingerprint density at radius 2 is 1.96 bits per heavy atom. The minimum Gasteiger partial charge on any atom is -0.508 e. The van der Waals surface area contributed by atoms with E-state index < -0.39 is 0 Å². The largest absolute Gasteiger partial charge is 0.508 e. The van der Waals surface area contributed by atoms with Crippen molar-refractivity contribution in [2.75, 3.05) is 19.4 Å². The predicted octanol–water partition coefficient (Wildman–Crippen LogP) is 4.51. The van der Waals surface area contributed by atoms with Gasteiger partial charge in [0.25, 0.3) is 0 Å². The van der Waals surface area contributed by atoms with E-state index >= 15 is 0 Å². The summed E-state index contributed by atoms with van der Waals surface area (Å²) in [6.07, 6.45) is 0.841. The monoisotopic (exact) mass is 366 g/mol. The lowest BCUT2D eigenvalue weighted by Crippen LogP contribution is -2.15. The zero-order chi connectivity index (χ0) is 18.5. The molecule has 0 amide bonds. The van der Waals surface area contributed by atoms with Gasteiger partial charge in [0.15, 0.2) is 0 Å². The van der Waals surface area contributed by atoms with Crippen molar-refractivity contribution in [1.82, 2.24) is 5.32 Å². The zero-order valence-corrected chi connectivity index (χ0v) is 15.5. The normalized spacial score (nSPS) is 10.5. The predicted molar refractivity (Wildman–Crippen MR) is 110 cm³/mol. The second-order valence-corrected chi connectivity index (χ2v) is 7.00. The molecule has 134 valence electrons. The van der Waals surface area contributed by atoms with Gasteiger partial charge in [-0.25, -0.2) is 0 Å². The third-order valence-electron chi connectivity index (χ3n) is 4.08. The molecule has 0 aliphatic carbocycles. The van der Waals surface area contributed by atoms with E-state index in [0.717, 1.165) is 51.0 Å². The van der Waals surface area contributed by atoms with Crippen LogP contribution < -0.4 is 15.8 Å². The van der Waals surface area contributed by atoms with E-state index in [-0.39, 0.29) is 5.75 Å². The Balaban J connectivity index is 1.66. The van der Waals surface area contributed by atoms with Crippen LogP contribution in [-0.4, -0.2) is 18.8 Å². The third-order valence-corrected chi connectivity index (χ3v) is 5.34. The number of anilines is 1. The van der Waals surface area contributed by atoms with Gasteiger partial charge in [-0.2, -0.15) is 0 Å². The second kappa shape index (κ2) is 7.97. The maximum atomic E-state index is 9.33. The summed E-state index contributed by atoms with van der Waals surface area (Å²) in [5.74, 6) is 1.10. The Morgan fingerprint density at radius 1 is 1.19 bits per heavy atom. The van der Waals surface area contributed by atoms with E-state index in [2.05, 4.69) is 11.9 Å². The van der Waals surface area contributed by atoms with Crippen LogP contribution in [0.3, 0.4) is 0 Å². The maximum absolute atomic E-state index is 9.33. The Hall–Kier alpha value is -2.92. The van der Waals surface area contributed by atoms with Crippen molar-refractivity contribution < 1.29 is 9.84 Å². The van der Waals surface area contributed by atoms with E-state index in [0.29, 0.717) is 0 Å². The number of hydrogen-bond donors (Lipinski definition) is 3. The number of phenolic OH excluding ortho intramolecular Hbond substituents is 1. The topological polar surface area (TPSA) is 67.5 Å². The number of methoxy groups -OCH3 is 1. The molecule has 0 saturated heterocycles.